The van der Waals surface area contributed by atoms with Crippen molar-refractivity contribution < 1.29 is 47.5 Å². The third-order valence-electron chi connectivity index (χ3n) is 5.78. The van der Waals surface area contributed by atoms with E-state index in [1.54, 1.807) is 9.80 Å². The predicted octanol–water partition coefficient (Wildman–Crippen LogP) is 4.93. The molecule has 0 saturated heterocycles. The van der Waals surface area contributed by atoms with Gasteiger partial charge in [0.1, 0.15) is 53.8 Å². The van der Waals surface area contributed by atoms with Gasteiger partial charge in [0.2, 0.25) is 0 Å². The second-order valence-electron chi connectivity index (χ2n) is 9.96. The van der Waals surface area contributed by atoms with Crippen molar-refractivity contribution >= 4 is 12.1 Å². The van der Waals surface area contributed by atoms with Crippen LogP contribution in [0.1, 0.15) is 79.1 Å². The number of unbranched alkanes of at least 4 members (excludes halogenated alkanes) is 4. The van der Waals surface area contributed by atoms with Gasteiger partial charge in [-0.3, -0.25) is 19.6 Å². The fourth-order valence-corrected chi connectivity index (χ4v) is 3.30. The Kier molecular flexibility index (Phi) is 34.4. The van der Waals surface area contributed by atoms with E-state index >= 15 is 0 Å². The van der Waals surface area contributed by atoms with E-state index in [4.69, 9.17) is 37.9 Å². The van der Waals surface area contributed by atoms with Gasteiger partial charge >= 0.3 is 12.1 Å². The van der Waals surface area contributed by atoms with Crippen LogP contribution < -0.4 is 0 Å². The van der Waals surface area contributed by atoms with E-state index in [1.165, 1.54) is 38.2 Å². The maximum Gasteiger partial charge on any atom is 0.327 e. The van der Waals surface area contributed by atoms with Crippen molar-refractivity contribution in [3.63, 3.8) is 0 Å². The zero-order valence-electron chi connectivity index (χ0n) is 29.0. The molecule has 0 N–H and O–H groups in total. The zero-order valence-corrected chi connectivity index (χ0v) is 29.0. The fourth-order valence-electron chi connectivity index (χ4n) is 3.30. The molecule has 4 amide bonds. The lowest BCUT2D eigenvalue weighted by Gasteiger charge is -2.30. The van der Waals surface area contributed by atoms with Crippen LogP contribution in [0, 0.1) is 0 Å². The normalized spacial score (nSPS) is 10.7. The maximum atomic E-state index is 13.0. The summed E-state index contributed by atoms with van der Waals surface area (Å²) in [4.78, 5) is 30.9. The Morgan fingerprint density at radius 2 is 0.591 bits per heavy atom. The average Bonchev–Trinajstić information content (AvgIpc) is 3.02. The van der Waals surface area contributed by atoms with Crippen LogP contribution in [-0.2, 0) is 37.9 Å². The Bertz CT molecular complexity index is 553. The summed E-state index contributed by atoms with van der Waals surface area (Å²) < 4.78 is 42.3. The van der Waals surface area contributed by atoms with Crippen molar-refractivity contribution in [1.82, 2.24) is 19.6 Å². The van der Waals surface area contributed by atoms with Crippen LogP contribution in [0.2, 0.25) is 0 Å². The molecule has 0 saturated carbocycles. The van der Waals surface area contributed by atoms with Crippen LogP contribution in [0.4, 0.5) is 9.59 Å². The Morgan fingerprint density at radius 1 is 0.386 bits per heavy atom. The van der Waals surface area contributed by atoms with Gasteiger partial charge in [-0.2, -0.15) is 0 Å². The molecule has 0 aromatic rings. The molecule has 0 aromatic carbocycles. The molecule has 0 aliphatic heterocycles. The summed E-state index contributed by atoms with van der Waals surface area (Å²) in [6, 6.07) is -0.451. The Morgan fingerprint density at radius 3 is 0.773 bits per heavy atom. The number of urea groups is 2. The highest BCUT2D eigenvalue weighted by molar-refractivity contribution is 5.74. The highest BCUT2D eigenvalue weighted by atomic mass is 16.5. The molecule has 0 heterocycles. The fraction of sp³-hybridized carbons (Fsp3) is 0.933. The number of hydrogen-bond acceptors (Lipinski definition) is 10. The van der Waals surface area contributed by atoms with E-state index in [9.17, 15) is 9.59 Å². The smallest absolute Gasteiger partial charge is 0.327 e. The van der Waals surface area contributed by atoms with E-state index in [0.717, 1.165) is 51.4 Å². The standard InChI is InChI=1S/C21H44N2O5.C9H20N2O5/c1-5-9-13-25-17-22(18-26-14-10-6-2)21(24)23(19-27-15-11-7-3)20-28-16-12-8-4;1-13-5-10(6-14-2)9(12)11(7-15-3)8-16-4/h5-20H2,1-4H3;5-8H2,1-4H3. The Balaban J connectivity index is 0. The van der Waals surface area contributed by atoms with E-state index in [-0.39, 0.29) is 65.9 Å². The second kappa shape index (κ2) is 34.1. The average molecular weight is 641 g/mol. The lowest BCUT2D eigenvalue weighted by molar-refractivity contribution is -0.0621. The van der Waals surface area contributed by atoms with Gasteiger partial charge in [-0.15, -0.1) is 0 Å². The van der Waals surface area contributed by atoms with Gasteiger partial charge in [-0.05, 0) is 25.7 Å². The van der Waals surface area contributed by atoms with Crippen molar-refractivity contribution in [3.05, 3.63) is 0 Å². The van der Waals surface area contributed by atoms with Crippen molar-refractivity contribution in [2.75, 3.05) is 109 Å². The molecule has 0 atom stereocenters. The molecule has 0 unspecified atom stereocenters. The number of carbonyl (C=O) groups excluding carboxylic acids is 2. The van der Waals surface area contributed by atoms with Crippen molar-refractivity contribution in [2.24, 2.45) is 0 Å². The van der Waals surface area contributed by atoms with Gasteiger partial charge < -0.3 is 37.9 Å². The summed E-state index contributed by atoms with van der Waals surface area (Å²) in [5.74, 6) is 0. The van der Waals surface area contributed by atoms with Gasteiger partial charge in [0.05, 0.1) is 0 Å². The topological polar surface area (TPSA) is 121 Å². The van der Waals surface area contributed by atoms with Gasteiger partial charge in [-0.25, -0.2) is 9.59 Å². The van der Waals surface area contributed by atoms with Crippen LogP contribution in [0.15, 0.2) is 0 Å². The molecule has 0 fully saturated rings. The van der Waals surface area contributed by atoms with E-state index < -0.39 is 0 Å². The number of amides is 4. The SMILES string of the molecule is CCCCOCN(COCCCC)C(=O)N(COCCCC)COCCCC.COCN(COC)C(=O)N(COC)COC. The summed E-state index contributed by atoms with van der Waals surface area (Å²) in [6.07, 6.45) is 8.14. The van der Waals surface area contributed by atoms with Crippen molar-refractivity contribution in [2.45, 2.75) is 79.1 Å². The van der Waals surface area contributed by atoms with Gasteiger partial charge in [0, 0.05) is 54.9 Å². The largest absolute Gasteiger partial charge is 0.364 e. The first-order valence-electron chi connectivity index (χ1n) is 15.8. The van der Waals surface area contributed by atoms with E-state index in [2.05, 4.69) is 27.7 Å². The van der Waals surface area contributed by atoms with Gasteiger partial charge in [0.15, 0.2) is 0 Å². The molecule has 0 rings (SSSR count). The Labute approximate surface area is 267 Å². The monoisotopic (exact) mass is 640 g/mol. The minimum atomic E-state index is -0.271. The summed E-state index contributed by atoms with van der Waals surface area (Å²) >= 11 is 0. The van der Waals surface area contributed by atoms with Crippen LogP contribution in [0.25, 0.3) is 0 Å². The van der Waals surface area contributed by atoms with Crippen molar-refractivity contribution in [1.29, 1.82) is 0 Å². The maximum absolute atomic E-state index is 13.0. The third-order valence-corrected chi connectivity index (χ3v) is 5.78. The molecule has 264 valence electrons. The molecule has 0 aromatic heterocycles. The van der Waals surface area contributed by atoms with E-state index in [1.807, 2.05) is 0 Å². The number of methoxy groups -OCH3 is 4. The molecule has 14 heteroatoms. The number of nitrogens with zero attached hydrogens (tertiary/aromatic N) is 4. The zero-order chi connectivity index (χ0) is 33.3. The van der Waals surface area contributed by atoms with Gasteiger partial charge in [-0.1, -0.05) is 53.4 Å². The number of hydrogen-bond donors (Lipinski definition) is 0. The molecular formula is C30H64N4O10. The van der Waals surface area contributed by atoms with Crippen LogP contribution in [-0.4, -0.2) is 140 Å². The molecule has 0 spiro atoms. The quantitative estimate of drug-likeness (QED) is 0.0860. The number of carbonyl (C=O) groups is 2. The first-order valence-corrected chi connectivity index (χ1v) is 15.8. The molecule has 0 aliphatic carbocycles. The predicted molar refractivity (Wildman–Crippen MR) is 169 cm³/mol. The van der Waals surface area contributed by atoms with E-state index in [0.29, 0.717) is 26.4 Å². The third kappa shape index (κ3) is 24.5. The Hall–Kier alpha value is -1.78. The highest BCUT2D eigenvalue weighted by Gasteiger charge is 2.22. The first-order chi connectivity index (χ1) is 21.4. The van der Waals surface area contributed by atoms with Gasteiger partial charge in [0.25, 0.3) is 0 Å². The minimum Gasteiger partial charge on any atom is -0.364 e. The number of rotatable bonds is 28. The van der Waals surface area contributed by atoms with Crippen LogP contribution in [0.3, 0.4) is 0 Å². The second-order valence-corrected chi connectivity index (χ2v) is 9.96. The molecule has 0 radical (unpaired) electrons. The highest BCUT2D eigenvalue weighted by Crippen LogP contribution is 2.05. The molecule has 14 nitrogen and oxygen atoms in total. The summed E-state index contributed by atoms with van der Waals surface area (Å²) in [6.45, 7) is 12.4. The summed E-state index contributed by atoms with van der Waals surface area (Å²) in [5, 5.41) is 0. The number of ether oxygens (including phenoxy) is 8. The molecule has 0 bridgehead atoms. The van der Waals surface area contributed by atoms with Crippen LogP contribution in [0.5, 0.6) is 0 Å². The molecule has 0 aliphatic rings. The molecular weight excluding hydrogens is 576 g/mol. The lowest BCUT2D eigenvalue weighted by Crippen LogP contribution is -2.47. The lowest BCUT2D eigenvalue weighted by atomic mass is 10.4. The minimum absolute atomic E-state index is 0.149. The summed E-state index contributed by atoms with van der Waals surface area (Å²) in [7, 11) is 6.03. The summed E-state index contributed by atoms with van der Waals surface area (Å²) in [5.41, 5.74) is 0. The first kappa shape index (κ1) is 44.3. The molecule has 44 heavy (non-hydrogen) atoms. The van der Waals surface area contributed by atoms with Crippen molar-refractivity contribution in [3.8, 4) is 0 Å². The van der Waals surface area contributed by atoms with Crippen LogP contribution >= 0.6 is 0 Å².